The van der Waals surface area contributed by atoms with Crippen LogP contribution < -0.4 is 25.6 Å². The molecule has 6 rings (SSSR count). The monoisotopic (exact) mass is 706 g/mol. The van der Waals surface area contributed by atoms with Gasteiger partial charge in [-0.05, 0) is 92.3 Å². The van der Waals surface area contributed by atoms with Crippen molar-refractivity contribution in [2.75, 3.05) is 89.3 Å². The van der Waals surface area contributed by atoms with E-state index in [4.69, 9.17) is 4.74 Å². The Morgan fingerprint density at radius 2 is 1.74 bits per heavy atom. The Morgan fingerprint density at radius 1 is 1.00 bits per heavy atom. The van der Waals surface area contributed by atoms with Gasteiger partial charge in [-0.25, -0.2) is 4.98 Å². The molecule has 1 spiro atoms. The number of aryl methyl sites for hydroxylation is 1. The van der Waals surface area contributed by atoms with Crippen LogP contribution in [0.4, 0.5) is 28.6 Å². The number of halogens is 1. The quantitative estimate of drug-likeness (QED) is 0.183. The number of ether oxygens (including phenoxy) is 1. The lowest BCUT2D eigenvalue weighted by Crippen LogP contribution is -2.61. The van der Waals surface area contributed by atoms with Crippen molar-refractivity contribution in [3.05, 3.63) is 59.0 Å². The molecule has 4 heterocycles. The van der Waals surface area contributed by atoms with Crippen molar-refractivity contribution in [3.8, 4) is 5.75 Å². The second kappa shape index (κ2) is 13.1. The molecule has 0 radical (unpaired) electrons. The molecular formula is C34H44BrN8O2P. The van der Waals surface area contributed by atoms with Crippen LogP contribution in [0.1, 0.15) is 18.4 Å². The first kappa shape index (κ1) is 32.7. The lowest BCUT2D eigenvalue weighted by Gasteiger charge is -2.54. The molecule has 244 valence electrons. The maximum atomic E-state index is 13.4. The molecule has 12 heteroatoms. The second-order valence-corrected chi connectivity index (χ2v) is 17.4. The highest BCUT2D eigenvalue weighted by Crippen LogP contribution is 2.44. The van der Waals surface area contributed by atoms with Crippen LogP contribution in [0.2, 0.25) is 0 Å². The van der Waals surface area contributed by atoms with Crippen LogP contribution in [0, 0.1) is 12.3 Å². The number of benzene rings is 2. The molecule has 2 aliphatic heterocycles. The lowest BCUT2D eigenvalue weighted by molar-refractivity contribution is -0.0207. The third-order valence-corrected chi connectivity index (χ3v) is 11.4. The minimum atomic E-state index is -2.70. The summed E-state index contributed by atoms with van der Waals surface area (Å²) in [5, 5.41) is 7.63. The maximum absolute atomic E-state index is 13.4. The second-order valence-electron chi connectivity index (χ2n) is 13.4. The molecule has 2 saturated heterocycles. The summed E-state index contributed by atoms with van der Waals surface area (Å²) in [6.45, 7) is 12.5. The minimum Gasteiger partial charge on any atom is -0.494 e. The van der Waals surface area contributed by atoms with E-state index in [1.54, 1.807) is 39.0 Å². The zero-order valence-corrected chi connectivity index (χ0v) is 30.1. The average molecular weight is 708 g/mol. The van der Waals surface area contributed by atoms with E-state index in [1.165, 1.54) is 37.2 Å². The highest BCUT2D eigenvalue weighted by atomic mass is 79.9. The molecule has 2 aromatic carbocycles. The van der Waals surface area contributed by atoms with Gasteiger partial charge in [0.1, 0.15) is 24.2 Å². The third kappa shape index (κ3) is 6.88. The van der Waals surface area contributed by atoms with Crippen LogP contribution in [-0.2, 0) is 4.57 Å². The number of hydrogen-bond donors (Lipinski definition) is 2. The van der Waals surface area contributed by atoms with E-state index in [0.29, 0.717) is 27.6 Å². The standard InChI is InChI=1S/C34H44BrN8O2P/c1-23-17-28(30(45-4)19-29(23)43-13-9-34(10-14-43)21-42(22-34)16-15-41(2)3)40-31-18-27(24(35)20-38-31)39-26-8-7-25-32(37-12-11-36-25)33(26)46(5,6)44/h7-8,11-12,17-20H,9-10,13-16,21-22H2,1-6H3,(H2,38,39,40). The molecule has 4 aromatic rings. The number of aromatic nitrogens is 3. The number of methoxy groups -OCH3 is 1. The van der Waals surface area contributed by atoms with E-state index in [2.05, 4.69) is 89.4 Å². The van der Waals surface area contributed by atoms with Crippen molar-refractivity contribution < 1.29 is 9.30 Å². The van der Waals surface area contributed by atoms with Crippen LogP contribution in [-0.4, -0.2) is 98.6 Å². The van der Waals surface area contributed by atoms with Crippen LogP contribution >= 0.6 is 23.1 Å². The molecule has 0 atom stereocenters. The van der Waals surface area contributed by atoms with Gasteiger partial charge in [0.05, 0.1) is 39.5 Å². The summed E-state index contributed by atoms with van der Waals surface area (Å²) in [5.74, 6) is 1.42. The number of rotatable bonds is 10. The maximum Gasteiger partial charge on any atom is 0.144 e. The smallest absolute Gasteiger partial charge is 0.144 e. The van der Waals surface area contributed by atoms with Crippen molar-refractivity contribution in [1.29, 1.82) is 0 Å². The SMILES string of the molecule is COc1cc(N2CCC3(CC2)CN(CCN(C)C)C3)c(C)cc1Nc1cc(Nc2ccc3nccnc3c2P(C)(C)=O)c(Br)cn1. The summed E-state index contributed by atoms with van der Waals surface area (Å²) in [4.78, 5) is 20.9. The summed E-state index contributed by atoms with van der Waals surface area (Å²) in [7, 11) is 3.30. The zero-order chi connectivity index (χ0) is 32.6. The molecule has 10 nitrogen and oxygen atoms in total. The van der Waals surface area contributed by atoms with E-state index in [1.807, 2.05) is 18.2 Å². The van der Waals surface area contributed by atoms with Crippen molar-refractivity contribution in [1.82, 2.24) is 24.8 Å². The van der Waals surface area contributed by atoms with Crippen molar-refractivity contribution >= 4 is 68.0 Å². The highest BCUT2D eigenvalue weighted by molar-refractivity contribution is 9.10. The first-order chi connectivity index (χ1) is 21.9. The zero-order valence-electron chi connectivity index (χ0n) is 27.6. The molecule has 46 heavy (non-hydrogen) atoms. The number of fused-ring (bicyclic) bond motifs is 1. The predicted octanol–water partition coefficient (Wildman–Crippen LogP) is 6.30. The van der Waals surface area contributed by atoms with Crippen molar-refractivity contribution in [3.63, 3.8) is 0 Å². The number of nitrogens with zero attached hydrogens (tertiary/aromatic N) is 6. The Hall–Kier alpha value is -3.24. The normalized spacial score (nSPS) is 16.6. The fourth-order valence-electron chi connectivity index (χ4n) is 6.78. The van der Waals surface area contributed by atoms with Crippen molar-refractivity contribution in [2.45, 2.75) is 19.8 Å². The summed E-state index contributed by atoms with van der Waals surface area (Å²) in [5.41, 5.74) is 6.60. The molecule has 2 aromatic heterocycles. The van der Waals surface area contributed by atoms with Crippen LogP contribution in [0.5, 0.6) is 5.75 Å². The molecule has 0 aliphatic carbocycles. The Morgan fingerprint density at radius 3 is 2.43 bits per heavy atom. The highest BCUT2D eigenvalue weighted by Gasteiger charge is 2.44. The van der Waals surface area contributed by atoms with Crippen LogP contribution in [0.15, 0.2) is 53.4 Å². The van der Waals surface area contributed by atoms with E-state index in [9.17, 15) is 4.57 Å². The Labute approximate surface area is 280 Å². The Balaban J connectivity index is 1.18. The van der Waals surface area contributed by atoms with Gasteiger partial charge in [-0.2, -0.15) is 0 Å². The molecule has 0 saturated carbocycles. The molecule has 2 N–H and O–H groups in total. The van der Waals surface area contributed by atoms with E-state index >= 15 is 0 Å². The van der Waals surface area contributed by atoms with Gasteiger partial charge in [-0.3, -0.25) is 9.97 Å². The Bertz CT molecular complexity index is 1780. The lowest BCUT2D eigenvalue weighted by atomic mass is 9.72. The van der Waals surface area contributed by atoms with Gasteiger partial charge in [0, 0.05) is 75.7 Å². The fraction of sp³-hybridized carbons (Fsp3) is 0.441. The van der Waals surface area contributed by atoms with Gasteiger partial charge >= 0.3 is 0 Å². The number of likely N-dealkylation sites (N-methyl/N-ethyl adjacent to an activating group) is 1. The number of pyridine rings is 1. The fourth-order valence-corrected chi connectivity index (χ4v) is 8.49. The third-order valence-electron chi connectivity index (χ3n) is 9.20. The summed E-state index contributed by atoms with van der Waals surface area (Å²) < 4.78 is 20.1. The van der Waals surface area contributed by atoms with E-state index in [0.717, 1.165) is 53.5 Å². The molecular weight excluding hydrogens is 663 g/mol. The number of piperidine rings is 1. The molecule has 2 fully saturated rings. The Kier molecular flexibility index (Phi) is 9.31. The van der Waals surface area contributed by atoms with E-state index < -0.39 is 7.14 Å². The first-order valence-corrected chi connectivity index (χ1v) is 19.1. The molecule has 0 unspecified atom stereocenters. The largest absolute Gasteiger partial charge is 0.494 e. The van der Waals surface area contributed by atoms with Gasteiger partial charge in [0.15, 0.2) is 0 Å². The van der Waals surface area contributed by atoms with Crippen molar-refractivity contribution in [2.24, 2.45) is 5.41 Å². The predicted molar refractivity (Wildman–Crippen MR) is 194 cm³/mol. The molecule has 2 aliphatic rings. The topological polar surface area (TPSA) is 98.8 Å². The summed E-state index contributed by atoms with van der Waals surface area (Å²) in [6, 6.07) is 10.0. The number of anilines is 5. The van der Waals surface area contributed by atoms with Gasteiger partial charge in [-0.15, -0.1) is 0 Å². The number of nitrogens with one attached hydrogen (secondary N) is 2. The van der Waals surface area contributed by atoms with Crippen LogP contribution in [0.25, 0.3) is 11.0 Å². The van der Waals surface area contributed by atoms with Gasteiger partial charge in [-0.1, -0.05) is 0 Å². The first-order valence-electron chi connectivity index (χ1n) is 15.7. The minimum absolute atomic E-state index is 0.480. The number of likely N-dealkylation sites (tertiary alicyclic amines) is 1. The van der Waals surface area contributed by atoms with Gasteiger partial charge < -0.3 is 34.6 Å². The number of hydrogen-bond acceptors (Lipinski definition) is 10. The molecule has 0 bridgehead atoms. The molecule has 0 amide bonds. The summed E-state index contributed by atoms with van der Waals surface area (Å²) >= 11 is 3.64. The van der Waals surface area contributed by atoms with Gasteiger partial charge in [0.2, 0.25) is 0 Å². The van der Waals surface area contributed by atoms with E-state index in [-0.39, 0.29) is 0 Å². The van der Waals surface area contributed by atoms with Gasteiger partial charge in [0.25, 0.3) is 0 Å². The summed E-state index contributed by atoms with van der Waals surface area (Å²) in [6.07, 6.45) is 7.48. The van der Waals surface area contributed by atoms with Crippen LogP contribution in [0.3, 0.4) is 0 Å². The average Bonchev–Trinajstić information content (AvgIpc) is 3.00.